The highest BCUT2D eigenvalue weighted by Gasteiger charge is 2.45. The Kier molecular flexibility index (Phi) is 4.86. The fourth-order valence-electron chi connectivity index (χ4n) is 2.96. The van der Waals surface area contributed by atoms with Gasteiger partial charge in [0.05, 0.1) is 19.2 Å². The predicted octanol–water partition coefficient (Wildman–Crippen LogP) is 2.50. The van der Waals surface area contributed by atoms with Gasteiger partial charge in [0.1, 0.15) is 5.60 Å². The van der Waals surface area contributed by atoms with E-state index in [1.807, 2.05) is 30.3 Å². The number of ether oxygens (including phenoxy) is 1. The van der Waals surface area contributed by atoms with Gasteiger partial charge in [-0.1, -0.05) is 30.3 Å². The average molecular weight is 339 g/mol. The van der Waals surface area contributed by atoms with Gasteiger partial charge in [0.25, 0.3) is 5.91 Å². The molecule has 0 heterocycles. The van der Waals surface area contributed by atoms with Gasteiger partial charge in [-0.2, -0.15) is 0 Å². The molecule has 0 unspecified atom stereocenters. The molecule has 1 saturated carbocycles. The van der Waals surface area contributed by atoms with E-state index in [1.54, 1.807) is 24.3 Å². The first-order valence-electron chi connectivity index (χ1n) is 8.29. The van der Waals surface area contributed by atoms with Crippen LogP contribution in [-0.4, -0.2) is 30.6 Å². The molecule has 25 heavy (non-hydrogen) atoms. The Morgan fingerprint density at radius 1 is 1.08 bits per heavy atom. The number of rotatable bonds is 6. The molecule has 1 atom stereocenters. The summed E-state index contributed by atoms with van der Waals surface area (Å²) in [5.74, 6) is -0.567. The number of esters is 1. The van der Waals surface area contributed by atoms with Gasteiger partial charge in [-0.15, -0.1) is 0 Å². The van der Waals surface area contributed by atoms with Crippen molar-refractivity contribution in [2.24, 2.45) is 5.92 Å². The lowest BCUT2D eigenvalue weighted by Crippen LogP contribution is -2.42. The molecule has 0 bridgehead atoms. The topological polar surface area (TPSA) is 75.6 Å². The van der Waals surface area contributed by atoms with Crippen LogP contribution in [-0.2, 0) is 10.3 Å². The number of methoxy groups -OCH3 is 1. The van der Waals surface area contributed by atoms with Crippen LogP contribution < -0.4 is 5.32 Å². The molecular weight excluding hydrogens is 318 g/mol. The molecule has 0 aromatic heterocycles. The van der Waals surface area contributed by atoms with E-state index in [1.165, 1.54) is 7.11 Å². The molecule has 3 rings (SSSR count). The molecule has 0 saturated heterocycles. The SMILES string of the molecule is COC(=O)c1ccc(C(=O)NC[C@](O)(c2ccccc2)C2CC2)cc1. The maximum absolute atomic E-state index is 12.4. The second kappa shape index (κ2) is 7.07. The van der Waals surface area contributed by atoms with Gasteiger partial charge in [-0.3, -0.25) is 4.79 Å². The maximum atomic E-state index is 12.4. The number of aliphatic hydroxyl groups is 1. The third-order valence-electron chi connectivity index (χ3n) is 4.61. The van der Waals surface area contributed by atoms with E-state index in [0.29, 0.717) is 11.1 Å². The molecule has 2 aromatic carbocycles. The molecule has 2 aromatic rings. The number of carbonyl (C=O) groups excluding carboxylic acids is 2. The number of benzene rings is 2. The highest BCUT2D eigenvalue weighted by Crippen LogP contribution is 2.45. The lowest BCUT2D eigenvalue weighted by molar-refractivity contribution is 0.0135. The first-order chi connectivity index (χ1) is 12.0. The van der Waals surface area contributed by atoms with E-state index in [0.717, 1.165) is 18.4 Å². The van der Waals surface area contributed by atoms with Gasteiger partial charge in [-0.05, 0) is 48.6 Å². The number of hydrogen-bond donors (Lipinski definition) is 2. The molecule has 0 radical (unpaired) electrons. The van der Waals surface area contributed by atoms with Gasteiger partial charge in [0.15, 0.2) is 0 Å². The van der Waals surface area contributed by atoms with Crippen LogP contribution >= 0.6 is 0 Å². The van der Waals surface area contributed by atoms with Gasteiger partial charge in [0.2, 0.25) is 0 Å². The zero-order chi connectivity index (χ0) is 17.9. The quantitative estimate of drug-likeness (QED) is 0.793. The van der Waals surface area contributed by atoms with Crippen molar-refractivity contribution in [1.29, 1.82) is 0 Å². The zero-order valence-electron chi connectivity index (χ0n) is 14.1. The van der Waals surface area contributed by atoms with Gasteiger partial charge < -0.3 is 15.2 Å². The van der Waals surface area contributed by atoms with Crippen LogP contribution in [0.1, 0.15) is 39.1 Å². The van der Waals surface area contributed by atoms with E-state index in [2.05, 4.69) is 10.1 Å². The van der Waals surface area contributed by atoms with Crippen molar-refractivity contribution in [3.05, 3.63) is 71.3 Å². The van der Waals surface area contributed by atoms with Gasteiger partial charge >= 0.3 is 5.97 Å². The summed E-state index contributed by atoms with van der Waals surface area (Å²) in [6.07, 6.45) is 1.91. The molecule has 1 fully saturated rings. The number of nitrogens with one attached hydrogen (secondary N) is 1. The Bertz CT molecular complexity index is 753. The molecule has 1 aliphatic rings. The molecule has 0 aliphatic heterocycles. The lowest BCUT2D eigenvalue weighted by Gasteiger charge is -2.29. The largest absolute Gasteiger partial charge is 0.465 e. The summed E-state index contributed by atoms with van der Waals surface area (Å²) >= 11 is 0. The first kappa shape index (κ1) is 17.2. The third-order valence-corrected chi connectivity index (χ3v) is 4.61. The Labute approximate surface area is 146 Å². The second-order valence-corrected chi connectivity index (χ2v) is 6.32. The molecule has 2 N–H and O–H groups in total. The minimum absolute atomic E-state index is 0.152. The van der Waals surface area contributed by atoms with Gasteiger partial charge in [-0.25, -0.2) is 4.79 Å². The average Bonchev–Trinajstić information content (AvgIpc) is 3.51. The van der Waals surface area contributed by atoms with Crippen molar-refractivity contribution in [2.75, 3.05) is 13.7 Å². The minimum atomic E-state index is -1.05. The predicted molar refractivity (Wildman–Crippen MR) is 93.2 cm³/mol. The normalized spacial score (nSPS) is 15.9. The molecule has 130 valence electrons. The summed E-state index contributed by atoms with van der Waals surface area (Å²) in [4.78, 5) is 23.8. The van der Waals surface area contributed by atoms with E-state index in [9.17, 15) is 14.7 Å². The van der Waals surface area contributed by atoms with Crippen LogP contribution in [0.2, 0.25) is 0 Å². The van der Waals surface area contributed by atoms with Crippen LogP contribution in [0.4, 0.5) is 0 Å². The molecule has 0 spiro atoms. The lowest BCUT2D eigenvalue weighted by atomic mass is 9.88. The van der Waals surface area contributed by atoms with Crippen LogP contribution in [0.5, 0.6) is 0 Å². The maximum Gasteiger partial charge on any atom is 0.337 e. The van der Waals surface area contributed by atoms with Gasteiger partial charge in [0, 0.05) is 5.56 Å². The summed E-state index contributed by atoms with van der Waals surface area (Å²) < 4.78 is 4.64. The summed E-state index contributed by atoms with van der Waals surface area (Å²) in [6, 6.07) is 15.7. The van der Waals surface area contributed by atoms with E-state index >= 15 is 0 Å². The second-order valence-electron chi connectivity index (χ2n) is 6.32. The van der Waals surface area contributed by atoms with Crippen molar-refractivity contribution in [3.8, 4) is 0 Å². The fourth-order valence-corrected chi connectivity index (χ4v) is 2.96. The van der Waals surface area contributed by atoms with E-state index in [4.69, 9.17) is 0 Å². The molecule has 5 heteroatoms. The standard InChI is InChI=1S/C20H21NO4/c1-25-19(23)15-9-7-14(8-10-15)18(22)21-13-20(24,17-11-12-17)16-5-3-2-4-6-16/h2-10,17,24H,11-13H2,1H3,(H,21,22)/t20-/m0/s1. The fraction of sp³-hybridized carbons (Fsp3) is 0.300. The smallest absolute Gasteiger partial charge is 0.337 e. The highest BCUT2D eigenvalue weighted by atomic mass is 16.5. The third kappa shape index (κ3) is 3.72. The Hall–Kier alpha value is -2.66. The molecule has 1 amide bonds. The number of carbonyl (C=O) groups is 2. The highest BCUT2D eigenvalue weighted by molar-refractivity contribution is 5.96. The van der Waals surface area contributed by atoms with Crippen molar-refractivity contribution in [3.63, 3.8) is 0 Å². The Morgan fingerprint density at radius 2 is 1.68 bits per heavy atom. The van der Waals surface area contributed by atoms with Crippen molar-refractivity contribution >= 4 is 11.9 Å². The number of hydrogen-bond acceptors (Lipinski definition) is 4. The van der Waals surface area contributed by atoms with E-state index < -0.39 is 11.6 Å². The van der Waals surface area contributed by atoms with Crippen LogP contribution in [0, 0.1) is 5.92 Å². The van der Waals surface area contributed by atoms with Crippen LogP contribution in [0.15, 0.2) is 54.6 Å². The first-order valence-corrected chi connectivity index (χ1v) is 8.29. The number of amides is 1. The van der Waals surface area contributed by atoms with Crippen LogP contribution in [0.25, 0.3) is 0 Å². The summed E-state index contributed by atoms with van der Waals surface area (Å²) in [7, 11) is 1.31. The van der Waals surface area contributed by atoms with Crippen molar-refractivity contribution in [2.45, 2.75) is 18.4 Å². The Balaban J connectivity index is 1.69. The van der Waals surface area contributed by atoms with Crippen molar-refractivity contribution < 1.29 is 19.4 Å². The van der Waals surface area contributed by atoms with E-state index in [-0.39, 0.29) is 18.4 Å². The summed E-state index contributed by atoms with van der Waals surface area (Å²) in [5.41, 5.74) is 0.582. The van der Waals surface area contributed by atoms with Crippen molar-refractivity contribution in [1.82, 2.24) is 5.32 Å². The minimum Gasteiger partial charge on any atom is -0.465 e. The molecule has 1 aliphatic carbocycles. The summed E-state index contributed by atoms with van der Waals surface area (Å²) in [6.45, 7) is 0.152. The molecule has 5 nitrogen and oxygen atoms in total. The van der Waals surface area contributed by atoms with Crippen LogP contribution in [0.3, 0.4) is 0 Å². The Morgan fingerprint density at radius 3 is 2.24 bits per heavy atom. The zero-order valence-corrected chi connectivity index (χ0v) is 14.1. The summed E-state index contributed by atoms with van der Waals surface area (Å²) in [5, 5.41) is 13.9. The monoisotopic (exact) mass is 339 g/mol. The molecular formula is C20H21NO4.